The molecule has 4 atom stereocenters. The summed E-state index contributed by atoms with van der Waals surface area (Å²) in [5.41, 5.74) is 0. The molecule has 3 saturated carbocycles. The lowest BCUT2D eigenvalue weighted by molar-refractivity contribution is -0.135. The van der Waals surface area contributed by atoms with Crippen LogP contribution in [0.25, 0.3) is 0 Å². The molecule has 3 aliphatic rings. The number of aliphatic carboxylic acids is 2. The second-order valence-corrected chi connectivity index (χ2v) is 5.63. The van der Waals surface area contributed by atoms with Crippen molar-refractivity contribution < 1.29 is 19.8 Å². The van der Waals surface area contributed by atoms with Crippen molar-refractivity contribution in [3.05, 3.63) is 0 Å². The molecule has 0 heterocycles. The Morgan fingerprint density at radius 3 is 1.27 bits per heavy atom. The van der Waals surface area contributed by atoms with Crippen LogP contribution in [-0.2, 0) is 9.59 Å². The van der Waals surface area contributed by atoms with Crippen molar-refractivity contribution in [2.45, 2.75) is 80.1 Å². The number of hydrogen-bond donors (Lipinski definition) is 2. The van der Waals surface area contributed by atoms with E-state index in [0.717, 1.165) is 13.8 Å². The van der Waals surface area contributed by atoms with Crippen molar-refractivity contribution >= 4 is 11.9 Å². The summed E-state index contributed by atoms with van der Waals surface area (Å²) in [6.45, 7) is 10.2. The summed E-state index contributed by atoms with van der Waals surface area (Å²) < 4.78 is 0. The van der Waals surface area contributed by atoms with Crippen LogP contribution < -0.4 is 0 Å². The van der Waals surface area contributed by atoms with Gasteiger partial charge < -0.3 is 10.2 Å². The molecule has 4 unspecified atom stereocenters. The minimum Gasteiger partial charge on any atom is -0.481 e. The molecule has 22 heavy (non-hydrogen) atoms. The number of carboxylic acids is 2. The van der Waals surface area contributed by atoms with E-state index in [4.69, 9.17) is 19.8 Å². The zero-order chi connectivity index (χ0) is 17.7. The first kappa shape index (κ1) is 23.2. The summed E-state index contributed by atoms with van der Waals surface area (Å²) in [4.78, 5) is 18.0. The van der Waals surface area contributed by atoms with E-state index in [-0.39, 0.29) is 0 Å². The summed E-state index contributed by atoms with van der Waals surface area (Å²) in [6, 6.07) is 0. The highest BCUT2D eigenvalue weighted by Crippen LogP contribution is 2.58. The van der Waals surface area contributed by atoms with Crippen LogP contribution in [0.5, 0.6) is 0 Å². The molecule has 0 radical (unpaired) electrons. The van der Waals surface area contributed by atoms with E-state index >= 15 is 0 Å². The van der Waals surface area contributed by atoms with E-state index < -0.39 is 11.9 Å². The maximum absolute atomic E-state index is 9.00. The van der Waals surface area contributed by atoms with E-state index in [0.29, 0.717) is 0 Å². The van der Waals surface area contributed by atoms with Gasteiger partial charge in [-0.2, -0.15) is 0 Å². The Hall–Kier alpha value is -1.06. The predicted molar refractivity (Wildman–Crippen MR) is 91.0 cm³/mol. The molecule has 0 amide bonds. The molecule has 0 spiro atoms. The summed E-state index contributed by atoms with van der Waals surface area (Å²) in [5.74, 6) is 3.13. The van der Waals surface area contributed by atoms with E-state index in [1.165, 1.54) is 23.7 Å². The third-order valence-corrected chi connectivity index (χ3v) is 4.35. The Kier molecular flexibility index (Phi) is 14.3. The molecule has 0 aromatic heterocycles. The molecule has 4 heteroatoms. The van der Waals surface area contributed by atoms with Gasteiger partial charge >= 0.3 is 0 Å². The first-order chi connectivity index (χ1) is 10.4. The van der Waals surface area contributed by atoms with Crippen molar-refractivity contribution in [2.24, 2.45) is 23.7 Å². The predicted octanol–water partition coefficient (Wildman–Crippen LogP) is 5.07. The van der Waals surface area contributed by atoms with Gasteiger partial charge in [0.1, 0.15) is 0 Å². The van der Waals surface area contributed by atoms with Gasteiger partial charge in [-0.3, -0.25) is 9.59 Å². The van der Waals surface area contributed by atoms with Gasteiger partial charge in [-0.05, 0) is 55.8 Å². The van der Waals surface area contributed by atoms with E-state index in [2.05, 4.69) is 0 Å². The highest BCUT2D eigenvalue weighted by molar-refractivity contribution is 5.63. The molecule has 0 saturated heterocycles. The monoisotopic (exact) mass is 316 g/mol. The summed E-state index contributed by atoms with van der Waals surface area (Å²) in [6.07, 6.45) is 9.53. The molecule has 0 aliphatic heterocycles. The number of carboxylic acid groups (broad SMARTS) is 2. The first-order valence-corrected chi connectivity index (χ1v) is 8.80. The van der Waals surface area contributed by atoms with Crippen molar-refractivity contribution in [1.82, 2.24) is 0 Å². The second-order valence-electron chi connectivity index (χ2n) is 5.63. The zero-order valence-electron chi connectivity index (χ0n) is 15.3. The highest BCUT2D eigenvalue weighted by Gasteiger charge is 2.48. The number of fused-ring (bicyclic) bond motifs is 5. The molecule has 4 nitrogen and oxygen atoms in total. The maximum Gasteiger partial charge on any atom is 0.300 e. The average Bonchev–Trinajstić information content (AvgIpc) is 3.16. The molecular formula is C18H36O4. The van der Waals surface area contributed by atoms with Crippen molar-refractivity contribution in [3.8, 4) is 0 Å². The van der Waals surface area contributed by atoms with Crippen LogP contribution in [0.1, 0.15) is 80.1 Å². The summed E-state index contributed by atoms with van der Waals surface area (Å²) in [5, 5.41) is 14.8. The molecule has 3 fully saturated rings. The van der Waals surface area contributed by atoms with Gasteiger partial charge in [-0.25, -0.2) is 0 Å². The lowest BCUT2D eigenvalue weighted by Crippen LogP contribution is -2.15. The topological polar surface area (TPSA) is 74.6 Å². The third kappa shape index (κ3) is 9.06. The van der Waals surface area contributed by atoms with Crippen LogP contribution in [-0.4, -0.2) is 22.2 Å². The standard InChI is InChI=1S/C10H16.2C2H4O2.2C2H6/c1-2-9-7-4-5-8(6-7)10(9)3-1;2*1-2(3)4;2*1-2/h7-10H,1-6H2;2*1H3,(H,3,4);2*1-2H3. The summed E-state index contributed by atoms with van der Waals surface area (Å²) >= 11 is 0. The molecule has 3 aliphatic carbocycles. The van der Waals surface area contributed by atoms with Crippen LogP contribution in [0.4, 0.5) is 0 Å². The van der Waals surface area contributed by atoms with Gasteiger partial charge in [-0.1, -0.05) is 34.1 Å². The Morgan fingerprint density at radius 1 is 0.727 bits per heavy atom. The lowest BCUT2D eigenvalue weighted by atomic mass is 9.82. The SMILES string of the molecule is C1CC2C3CCC(C3)C2C1.CC.CC.CC(=O)O.CC(=O)O. The largest absolute Gasteiger partial charge is 0.481 e. The molecule has 0 aromatic rings. The van der Waals surface area contributed by atoms with Crippen molar-refractivity contribution in [1.29, 1.82) is 0 Å². The number of hydrogen-bond acceptors (Lipinski definition) is 2. The molecule has 3 rings (SSSR count). The lowest BCUT2D eigenvalue weighted by Gasteiger charge is -2.23. The smallest absolute Gasteiger partial charge is 0.300 e. The van der Waals surface area contributed by atoms with Crippen LogP contribution in [0.2, 0.25) is 0 Å². The quantitative estimate of drug-likeness (QED) is 0.654. The Balaban J connectivity index is 0. The van der Waals surface area contributed by atoms with Crippen molar-refractivity contribution in [2.75, 3.05) is 0 Å². The molecule has 132 valence electrons. The average molecular weight is 316 g/mol. The van der Waals surface area contributed by atoms with Crippen LogP contribution in [0, 0.1) is 23.7 Å². The van der Waals surface area contributed by atoms with Gasteiger partial charge in [-0.15, -0.1) is 0 Å². The minimum atomic E-state index is -0.833. The fourth-order valence-corrected chi connectivity index (χ4v) is 4.02. The fraction of sp³-hybridized carbons (Fsp3) is 0.889. The molecule has 2 bridgehead atoms. The van der Waals surface area contributed by atoms with Crippen LogP contribution in [0.15, 0.2) is 0 Å². The van der Waals surface area contributed by atoms with Gasteiger partial charge in [0, 0.05) is 13.8 Å². The third-order valence-electron chi connectivity index (χ3n) is 4.35. The maximum atomic E-state index is 9.00. The number of carbonyl (C=O) groups is 2. The van der Waals surface area contributed by atoms with Gasteiger partial charge in [0.2, 0.25) is 0 Å². The molecule has 2 N–H and O–H groups in total. The number of rotatable bonds is 0. The normalized spacial score (nSPS) is 29.0. The Bertz CT molecular complexity index is 265. The second kappa shape index (κ2) is 13.6. The van der Waals surface area contributed by atoms with Gasteiger partial charge in [0.15, 0.2) is 0 Å². The van der Waals surface area contributed by atoms with Crippen LogP contribution in [0.3, 0.4) is 0 Å². The van der Waals surface area contributed by atoms with E-state index in [1.807, 2.05) is 27.7 Å². The van der Waals surface area contributed by atoms with Gasteiger partial charge in [0.25, 0.3) is 11.9 Å². The Morgan fingerprint density at radius 2 is 1.00 bits per heavy atom. The Labute approximate surface area is 136 Å². The van der Waals surface area contributed by atoms with E-state index in [9.17, 15) is 0 Å². The highest BCUT2D eigenvalue weighted by atomic mass is 16.4. The van der Waals surface area contributed by atoms with Crippen LogP contribution >= 0.6 is 0 Å². The van der Waals surface area contributed by atoms with Crippen molar-refractivity contribution in [3.63, 3.8) is 0 Å². The fourth-order valence-electron chi connectivity index (χ4n) is 4.02. The first-order valence-electron chi connectivity index (χ1n) is 8.80. The van der Waals surface area contributed by atoms with Gasteiger partial charge in [0.05, 0.1) is 0 Å². The molecular weight excluding hydrogens is 280 g/mol. The zero-order valence-corrected chi connectivity index (χ0v) is 15.3. The molecule has 0 aromatic carbocycles. The minimum absolute atomic E-state index is 0.833. The summed E-state index contributed by atoms with van der Waals surface area (Å²) in [7, 11) is 0. The van der Waals surface area contributed by atoms with E-state index in [1.54, 1.807) is 38.5 Å².